The first kappa shape index (κ1) is 14.6. The van der Waals surface area contributed by atoms with E-state index in [0.717, 1.165) is 6.54 Å². The molecular weight excluding hydrogens is 230 g/mol. The van der Waals surface area contributed by atoms with Gasteiger partial charge in [0.25, 0.3) is 0 Å². The van der Waals surface area contributed by atoms with E-state index in [0.29, 0.717) is 11.5 Å². The summed E-state index contributed by atoms with van der Waals surface area (Å²) >= 11 is 0. The monoisotopic (exact) mass is 259 g/mol. The summed E-state index contributed by atoms with van der Waals surface area (Å²) in [6.07, 6.45) is 6.92. The van der Waals surface area contributed by atoms with Crippen molar-refractivity contribution in [1.82, 2.24) is 5.32 Å². The van der Waals surface area contributed by atoms with Crippen LogP contribution in [0.4, 0.5) is 0 Å². The Morgan fingerprint density at radius 2 is 1.79 bits per heavy atom. The molecule has 1 aromatic carbocycles. The van der Waals surface area contributed by atoms with Gasteiger partial charge in [-0.1, -0.05) is 51.3 Å². The minimum Gasteiger partial charge on any atom is -0.310 e. The first-order valence-electron chi connectivity index (χ1n) is 7.87. The molecule has 0 bridgehead atoms. The lowest BCUT2D eigenvalue weighted by Crippen LogP contribution is -2.37. The molecule has 1 unspecified atom stereocenters. The summed E-state index contributed by atoms with van der Waals surface area (Å²) < 4.78 is 0. The van der Waals surface area contributed by atoms with E-state index >= 15 is 0 Å². The molecule has 1 nitrogen and oxygen atoms in total. The van der Waals surface area contributed by atoms with Gasteiger partial charge in [-0.2, -0.15) is 0 Å². The molecule has 1 N–H and O–H groups in total. The topological polar surface area (TPSA) is 12.0 Å². The van der Waals surface area contributed by atoms with E-state index in [2.05, 4.69) is 51.2 Å². The van der Waals surface area contributed by atoms with Gasteiger partial charge in [0.1, 0.15) is 0 Å². The fraction of sp³-hybridized carbons (Fsp3) is 0.667. The molecule has 1 heteroatoms. The van der Waals surface area contributed by atoms with Crippen LogP contribution in [0.1, 0.15) is 68.7 Å². The zero-order valence-corrected chi connectivity index (χ0v) is 13.1. The Balaban J connectivity index is 2.30. The standard InChI is InChI=1S/C18H29N/c1-5-19-17(18(4)11-7-6-8-12-18)16-10-9-14(2)15(3)13-16/h9-10,13,17,19H,5-8,11-12H2,1-4H3. The molecule has 106 valence electrons. The Bertz CT molecular complexity index is 416. The average molecular weight is 259 g/mol. The van der Waals surface area contributed by atoms with E-state index < -0.39 is 0 Å². The van der Waals surface area contributed by atoms with E-state index in [1.54, 1.807) is 0 Å². The highest BCUT2D eigenvalue weighted by Crippen LogP contribution is 2.45. The van der Waals surface area contributed by atoms with Gasteiger partial charge >= 0.3 is 0 Å². The Hall–Kier alpha value is -0.820. The lowest BCUT2D eigenvalue weighted by molar-refractivity contribution is 0.146. The maximum atomic E-state index is 3.76. The Kier molecular flexibility index (Phi) is 4.67. The summed E-state index contributed by atoms with van der Waals surface area (Å²) in [7, 11) is 0. The number of hydrogen-bond acceptors (Lipinski definition) is 1. The number of rotatable bonds is 4. The zero-order chi connectivity index (χ0) is 13.9. The predicted octanol–water partition coefficient (Wildman–Crippen LogP) is 4.92. The van der Waals surface area contributed by atoms with Gasteiger partial charge in [0.15, 0.2) is 0 Å². The molecule has 0 saturated heterocycles. The first-order chi connectivity index (χ1) is 9.07. The summed E-state index contributed by atoms with van der Waals surface area (Å²) in [6.45, 7) is 10.2. The van der Waals surface area contributed by atoms with E-state index in [1.165, 1.54) is 48.8 Å². The predicted molar refractivity (Wildman–Crippen MR) is 83.5 cm³/mol. The van der Waals surface area contributed by atoms with Crippen LogP contribution in [-0.2, 0) is 0 Å². The third kappa shape index (κ3) is 3.20. The summed E-state index contributed by atoms with van der Waals surface area (Å²) in [5.41, 5.74) is 4.72. The molecule has 1 saturated carbocycles. The van der Waals surface area contributed by atoms with Gasteiger partial charge in [-0.25, -0.2) is 0 Å². The maximum Gasteiger partial charge on any atom is 0.0374 e. The van der Waals surface area contributed by atoms with Gasteiger partial charge in [0.2, 0.25) is 0 Å². The zero-order valence-electron chi connectivity index (χ0n) is 13.1. The van der Waals surface area contributed by atoms with Crippen LogP contribution >= 0.6 is 0 Å². The van der Waals surface area contributed by atoms with Gasteiger partial charge < -0.3 is 5.32 Å². The third-order valence-electron chi connectivity index (χ3n) is 4.97. The van der Waals surface area contributed by atoms with Crippen LogP contribution in [0.25, 0.3) is 0 Å². The van der Waals surface area contributed by atoms with Gasteiger partial charge in [0.05, 0.1) is 0 Å². The number of aryl methyl sites for hydroxylation is 2. The fourth-order valence-corrected chi connectivity index (χ4v) is 3.56. The lowest BCUT2D eigenvalue weighted by Gasteiger charge is -2.41. The molecular formula is C18H29N. The molecule has 1 aliphatic carbocycles. The Labute approximate surface area is 118 Å². The van der Waals surface area contributed by atoms with Gasteiger partial charge in [-0.05, 0) is 55.3 Å². The molecule has 0 aromatic heterocycles. The van der Waals surface area contributed by atoms with Crippen LogP contribution < -0.4 is 5.32 Å². The van der Waals surface area contributed by atoms with Crippen LogP contribution in [-0.4, -0.2) is 6.54 Å². The molecule has 0 spiro atoms. The van der Waals surface area contributed by atoms with Crippen LogP contribution in [0.5, 0.6) is 0 Å². The third-order valence-corrected chi connectivity index (χ3v) is 4.97. The molecule has 0 amide bonds. The van der Waals surface area contributed by atoms with Crippen molar-refractivity contribution in [3.63, 3.8) is 0 Å². The normalized spacial score (nSPS) is 20.2. The summed E-state index contributed by atoms with van der Waals surface area (Å²) in [5, 5.41) is 3.76. The Morgan fingerprint density at radius 3 is 2.37 bits per heavy atom. The molecule has 1 aliphatic rings. The molecule has 1 aromatic rings. The van der Waals surface area contributed by atoms with Gasteiger partial charge in [-0.15, -0.1) is 0 Å². The second kappa shape index (κ2) is 6.09. The van der Waals surface area contributed by atoms with Gasteiger partial charge in [-0.3, -0.25) is 0 Å². The largest absolute Gasteiger partial charge is 0.310 e. The van der Waals surface area contributed by atoms with E-state index in [-0.39, 0.29) is 0 Å². The fourth-order valence-electron chi connectivity index (χ4n) is 3.56. The highest BCUT2D eigenvalue weighted by atomic mass is 14.9. The van der Waals surface area contributed by atoms with Crippen molar-refractivity contribution >= 4 is 0 Å². The smallest absolute Gasteiger partial charge is 0.0374 e. The first-order valence-corrected chi connectivity index (χ1v) is 7.87. The van der Waals surface area contributed by atoms with Crippen molar-refractivity contribution in [2.24, 2.45) is 5.41 Å². The van der Waals surface area contributed by atoms with Crippen molar-refractivity contribution in [2.45, 2.75) is 65.8 Å². The quantitative estimate of drug-likeness (QED) is 0.809. The second-order valence-electron chi connectivity index (χ2n) is 6.55. The van der Waals surface area contributed by atoms with Crippen LogP contribution in [0.15, 0.2) is 18.2 Å². The minimum absolute atomic E-state index is 0.427. The van der Waals surface area contributed by atoms with E-state index in [1.807, 2.05) is 0 Å². The van der Waals surface area contributed by atoms with Crippen molar-refractivity contribution < 1.29 is 0 Å². The van der Waals surface area contributed by atoms with Crippen molar-refractivity contribution in [2.75, 3.05) is 6.54 Å². The lowest BCUT2D eigenvalue weighted by atomic mass is 9.68. The second-order valence-corrected chi connectivity index (χ2v) is 6.55. The van der Waals surface area contributed by atoms with Crippen molar-refractivity contribution in [1.29, 1.82) is 0 Å². The van der Waals surface area contributed by atoms with Crippen molar-refractivity contribution in [3.05, 3.63) is 34.9 Å². The van der Waals surface area contributed by atoms with Crippen LogP contribution in [0, 0.1) is 19.3 Å². The Morgan fingerprint density at radius 1 is 1.11 bits per heavy atom. The van der Waals surface area contributed by atoms with Gasteiger partial charge in [0, 0.05) is 6.04 Å². The molecule has 0 heterocycles. The SMILES string of the molecule is CCNC(c1ccc(C)c(C)c1)C1(C)CCCCC1. The molecule has 1 fully saturated rings. The van der Waals surface area contributed by atoms with Crippen LogP contribution in [0.3, 0.4) is 0 Å². The van der Waals surface area contributed by atoms with E-state index in [4.69, 9.17) is 0 Å². The highest BCUT2D eigenvalue weighted by molar-refractivity contribution is 5.32. The number of nitrogens with one attached hydrogen (secondary N) is 1. The highest BCUT2D eigenvalue weighted by Gasteiger charge is 2.35. The average Bonchev–Trinajstić information content (AvgIpc) is 2.40. The molecule has 1 atom stereocenters. The van der Waals surface area contributed by atoms with Crippen LogP contribution in [0.2, 0.25) is 0 Å². The molecule has 19 heavy (non-hydrogen) atoms. The van der Waals surface area contributed by atoms with E-state index in [9.17, 15) is 0 Å². The number of benzene rings is 1. The summed E-state index contributed by atoms with van der Waals surface area (Å²) in [4.78, 5) is 0. The number of hydrogen-bond donors (Lipinski definition) is 1. The molecule has 0 radical (unpaired) electrons. The maximum absolute atomic E-state index is 3.76. The summed E-state index contributed by atoms with van der Waals surface area (Å²) in [5.74, 6) is 0. The van der Waals surface area contributed by atoms with Crippen molar-refractivity contribution in [3.8, 4) is 0 Å². The molecule has 2 rings (SSSR count). The molecule has 0 aliphatic heterocycles. The summed E-state index contributed by atoms with van der Waals surface area (Å²) in [6, 6.07) is 7.51. The minimum atomic E-state index is 0.427.